The van der Waals surface area contributed by atoms with Crippen molar-refractivity contribution in [1.82, 2.24) is 0 Å². The number of carboxylic acids is 1. The van der Waals surface area contributed by atoms with E-state index in [0.29, 0.717) is 6.42 Å². The zero-order valence-corrected chi connectivity index (χ0v) is 10.1. The van der Waals surface area contributed by atoms with Crippen molar-refractivity contribution in [2.45, 2.75) is 13.3 Å². The number of nitrogens with zero attached hydrogens (tertiary/aromatic N) is 1. The highest BCUT2D eigenvalue weighted by Crippen LogP contribution is 2.24. The molecule has 0 saturated carbocycles. The maximum absolute atomic E-state index is 13.6. The van der Waals surface area contributed by atoms with Gasteiger partial charge in [0, 0.05) is 7.05 Å². The Morgan fingerprint density at radius 2 is 2.11 bits per heavy atom. The van der Waals surface area contributed by atoms with Crippen LogP contribution < -0.4 is 4.90 Å². The smallest absolute Gasteiger partial charge is 0.414 e. The van der Waals surface area contributed by atoms with E-state index in [-0.39, 0.29) is 17.9 Å². The van der Waals surface area contributed by atoms with Crippen molar-refractivity contribution in [3.05, 3.63) is 29.6 Å². The number of carboxylic acid groups (broad SMARTS) is 1. The number of para-hydroxylation sites is 1. The zero-order chi connectivity index (χ0) is 13.7. The van der Waals surface area contributed by atoms with Crippen LogP contribution in [0, 0.1) is 5.82 Å². The predicted octanol–water partition coefficient (Wildman–Crippen LogP) is 2.51. The van der Waals surface area contributed by atoms with Gasteiger partial charge in [-0.25, -0.2) is 14.0 Å². The van der Waals surface area contributed by atoms with E-state index in [9.17, 15) is 14.0 Å². The quantitative estimate of drug-likeness (QED) is 0.897. The van der Waals surface area contributed by atoms with Crippen molar-refractivity contribution in [2.75, 3.05) is 18.6 Å². The van der Waals surface area contributed by atoms with Crippen LogP contribution in [0.5, 0.6) is 0 Å². The summed E-state index contributed by atoms with van der Waals surface area (Å²) in [6.45, 7) is 2.01. The normalized spacial score (nSPS) is 9.94. The Balaban J connectivity index is 3.07. The molecule has 98 valence electrons. The van der Waals surface area contributed by atoms with E-state index in [4.69, 9.17) is 9.84 Å². The van der Waals surface area contributed by atoms with E-state index in [0.717, 1.165) is 11.0 Å². The lowest BCUT2D eigenvalue weighted by molar-refractivity contribution is 0.0697. The second kappa shape index (κ2) is 6.00. The number of amides is 1. The first-order chi connectivity index (χ1) is 8.49. The average molecular weight is 255 g/mol. The summed E-state index contributed by atoms with van der Waals surface area (Å²) in [5.74, 6) is -2.09. The first-order valence-electron chi connectivity index (χ1n) is 5.41. The Morgan fingerprint density at radius 1 is 1.44 bits per heavy atom. The molecular formula is C12H14FNO4. The van der Waals surface area contributed by atoms with Gasteiger partial charge in [0.2, 0.25) is 0 Å². The van der Waals surface area contributed by atoms with Crippen LogP contribution in [0.15, 0.2) is 18.2 Å². The zero-order valence-electron chi connectivity index (χ0n) is 10.1. The highest BCUT2D eigenvalue weighted by Gasteiger charge is 2.22. The molecule has 0 aliphatic rings. The number of carbonyl (C=O) groups is 2. The minimum atomic E-state index is -1.31. The molecule has 0 aliphatic heterocycles. The largest absolute Gasteiger partial charge is 0.478 e. The Morgan fingerprint density at radius 3 is 2.67 bits per heavy atom. The predicted molar refractivity (Wildman–Crippen MR) is 63.4 cm³/mol. The molecule has 5 nitrogen and oxygen atoms in total. The molecule has 0 aromatic heterocycles. The summed E-state index contributed by atoms with van der Waals surface area (Å²) in [6, 6.07) is 3.59. The maximum Gasteiger partial charge on any atom is 0.414 e. The van der Waals surface area contributed by atoms with Crippen molar-refractivity contribution < 1.29 is 23.8 Å². The highest BCUT2D eigenvalue weighted by molar-refractivity contribution is 5.99. The third-order valence-corrected chi connectivity index (χ3v) is 2.26. The molecule has 1 aromatic rings. The first-order valence-corrected chi connectivity index (χ1v) is 5.41. The van der Waals surface area contributed by atoms with E-state index in [1.165, 1.54) is 19.2 Å². The van der Waals surface area contributed by atoms with Crippen molar-refractivity contribution in [2.24, 2.45) is 0 Å². The van der Waals surface area contributed by atoms with Gasteiger partial charge in [0.15, 0.2) is 0 Å². The topological polar surface area (TPSA) is 66.8 Å². The molecule has 1 aromatic carbocycles. The minimum Gasteiger partial charge on any atom is -0.478 e. The van der Waals surface area contributed by atoms with E-state index >= 15 is 0 Å². The molecule has 0 heterocycles. The third kappa shape index (κ3) is 2.97. The molecule has 0 radical (unpaired) electrons. The lowest BCUT2D eigenvalue weighted by atomic mass is 10.1. The molecule has 0 atom stereocenters. The fraction of sp³-hybridized carbons (Fsp3) is 0.333. The summed E-state index contributed by atoms with van der Waals surface area (Å²) in [5, 5.41) is 8.95. The first kappa shape index (κ1) is 14.0. The average Bonchev–Trinajstić information content (AvgIpc) is 2.34. The van der Waals surface area contributed by atoms with Crippen LogP contribution in [0.4, 0.5) is 14.9 Å². The number of hydrogen-bond donors (Lipinski definition) is 1. The Hall–Kier alpha value is -2.11. The molecule has 1 amide bonds. The number of rotatable bonds is 4. The van der Waals surface area contributed by atoms with Crippen LogP contribution >= 0.6 is 0 Å². The molecule has 0 fully saturated rings. The van der Waals surface area contributed by atoms with Crippen molar-refractivity contribution in [1.29, 1.82) is 0 Å². The van der Waals surface area contributed by atoms with Crippen LogP contribution in [0.2, 0.25) is 0 Å². The van der Waals surface area contributed by atoms with Crippen molar-refractivity contribution >= 4 is 17.7 Å². The summed E-state index contributed by atoms with van der Waals surface area (Å²) >= 11 is 0. The van der Waals surface area contributed by atoms with Crippen LogP contribution in [-0.4, -0.2) is 30.8 Å². The van der Waals surface area contributed by atoms with Crippen molar-refractivity contribution in [3.8, 4) is 0 Å². The molecule has 0 spiro atoms. The number of benzene rings is 1. The summed E-state index contributed by atoms with van der Waals surface area (Å²) in [6.07, 6.45) is -0.160. The lowest BCUT2D eigenvalue weighted by Crippen LogP contribution is -2.29. The number of aromatic carboxylic acids is 1. The third-order valence-electron chi connectivity index (χ3n) is 2.26. The molecule has 0 unspecified atom stereocenters. The summed E-state index contributed by atoms with van der Waals surface area (Å²) < 4.78 is 18.5. The van der Waals surface area contributed by atoms with E-state index in [1.807, 2.05) is 6.92 Å². The summed E-state index contributed by atoms with van der Waals surface area (Å²) in [4.78, 5) is 23.4. The molecule has 0 saturated heterocycles. The van der Waals surface area contributed by atoms with Crippen LogP contribution in [0.3, 0.4) is 0 Å². The Bertz CT molecular complexity index is 461. The molecule has 1 N–H and O–H groups in total. The molecule has 18 heavy (non-hydrogen) atoms. The van der Waals surface area contributed by atoms with E-state index < -0.39 is 17.9 Å². The van der Waals surface area contributed by atoms with Gasteiger partial charge in [0.25, 0.3) is 0 Å². The van der Waals surface area contributed by atoms with Crippen LogP contribution in [-0.2, 0) is 4.74 Å². The molecule has 0 bridgehead atoms. The lowest BCUT2D eigenvalue weighted by Gasteiger charge is -2.19. The SMILES string of the molecule is CCCOC(=O)N(C)c1c(F)cccc1C(=O)O. The van der Waals surface area contributed by atoms with Gasteiger partial charge in [-0.2, -0.15) is 0 Å². The highest BCUT2D eigenvalue weighted by atomic mass is 19.1. The van der Waals surface area contributed by atoms with E-state index in [2.05, 4.69) is 0 Å². The van der Waals surface area contributed by atoms with Gasteiger partial charge in [-0.15, -0.1) is 0 Å². The number of hydrogen-bond acceptors (Lipinski definition) is 3. The molecule has 6 heteroatoms. The monoisotopic (exact) mass is 255 g/mol. The van der Waals surface area contributed by atoms with Gasteiger partial charge in [-0.3, -0.25) is 4.90 Å². The fourth-order valence-electron chi connectivity index (χ4n) is 1.41. The van der Waals surface area contributed by atoms with Gasteiger partial charge in [0.1, 0.15) is 5.82 Å². The molecule has 1 rings (SSSR count). The second-order valence-corrected chi connectivity index (χ2v) is 3.61. The Labute approximate surface area is 104 Å². The van der Waals surface area contributed by atoms with Gasteiger partial charge in [0.05, 0.1) is 17.9 Å². The second-order valence-electron chi connectivity index (χ2n) is 3.61. The summed E-state index contributed by atoms with van der Waals surface area (Å²) in [5.41, 5.74) is -0.586. The van der Waals surface area contributed by atoms with Gasteiger partial charge < -0.3 is 9.84 Å². The molecule has 0 aliphatic carbocycles. The van der Waals surface area contributed by atoms with Crippen LogP contribution in [0.25, 0.3) is 0 Å². The number of anilines is 1. The number of carbonyl (C=O) groups excluding carboxylic acids is 1. The maximum atomic E-state index is 13.6. The van der Waals surface area contributed by atoms with Gasteiger partial charge in [-0.1, -0.05) is 13.0 Å². The number of halogens is 1. The molecular weight excluding hydrogens is 241 g/mol. The minimum absolute atomic E-state index is 0.194. The van der Waals surface area contributed by atoms with Crippen molar-refractivity contribution in [3.63, 3.8) is 0 Å². The van der Waals surface area contributed by atoms with Gasteiger partial charge >= 0.3 is 12.1 Å². The Kier molecular flexibility index (Phi) is 4.65. The number of ether oxygens (including phenoxy) is 1. The summed E-state index contributed by atoms with van der Waals surface area (Å²) in [7, 11) is 1.27. The fourth-order valence-corrected chi connectivity index (χ4v) is 1.41. The standard InChI is InChI=1S/C12H14FNO4/c1-3-7-18-12(17)14(2)10-8(11(15)16)5-4-6-9(10)13/h4-6H,3,7H2,1-2H3,(H,15,16). The van der Waals surface area contributed by atoms with E-state index in [1.54, 1.807) is 0 Å². The van der Waals surface area contributed by atoms with Crippen LogP contribution in [0.1, 0.15) is 23.7 Å². The van der Waals surface area contributed by atoms with Gasteiger partial charge in [-0.05, 0) is 18.6 Å².